The second-order valence-corrected chi connectivity index (χ2v) is 5.74. The topological polar surface area (TPSA) is 32.8 Å². The van der Waals surface area contributed by atoms with Crippen molar-refractivity contribution in [2.75, 3.05) is 31.6 Å². The molecule has 3 aliphatic heterocycles. The molecule has 1 aromatic carbocycles. The summed E-state index contributed by atoms with van der Waals surface area (Å²) < 4.78 is 5.02. The number of benzene rings is 1. The number of carbonyl (C=O) groups excluding carboxylic acids is 1. The molecule has 0 saturated carbocycles. The van der Waals surface area contributed by atoms with Gasteiger partial charge in [-0.15, -0.1) is 0 Å². The summed E-state index contributed by atoms with van der Waals surface area (Å²) in [5.41, 5.74) is 1.86. The smallest absolute Gasteiger partial charge is 0.338 e. The molecule has 0 N–H and O–H groups in total. The molecule has 4 rings (SSSR count). The van der Waals surface area contributed by atoms with E-state index in [0.717, 1.165) is 13.1 Å². The van der Waals surface area contributed by atoms with Crippen LogP contribution in [0.3, 0.4) is 0 Å². The van der Waals surface area contributed by atoms with E-state index in [1.165, 1.54) is 18.5 Å². The highest BCUT2D eigenvalue weighted by Crippen LogP contribution is 2.31. The van der Waals surface area contributed by atoms with Gasteiger partial charge in [0.2, 0.25) is 0 Å². The Hall–Kier alpha value is -1.55. The van der Waals surface area contributed by atoms with Gasteiger partial charge in [-0.2, -0.15) is 0 Å². The van der Waals surface area contributed by atoms with Crippen molar-refractivity contribution in [2.45, 2.75) is 31.8 Å². The van der Waals surface area contributed by atoms with Crippen LogP contribution in [-0.2, 0) is 4.74 Å². The minimum absolute atomic E-state index is 0.237. The third-order valence-electron chi connectivity index (χ3n) is 4.51. The van der Waals surface area contributed by atoms with Gasteiger partial charge in [0.05, 0.1) is 12.2 Å². The van der Waals surface area contributed by atoms with Gasteiger partial charge in [0.15, 0.2) is 0 Å². The van der Waals surface area contributed by atoms with Crippen molar-refractivity contribution in [1.82, 2.24) is 4.90 Å². The molecule has 4 heteroatoms. The molecule has 0 radical (unpaired) electrons. The molecule has 4 nitrogen and oxygen atoms in total. The van der Waals surface area contributed by atoms with Crippen LogP contribution < -0.4 is 4.90 Å². The second kappa shape index (κ2) is 5.44. The summed E-state index contributed by atoms with van der Waals surface area (Å²) in [5, 5.41) is 0. The molecule has 0 amide bonds. The number of likely N-dealkylation sites (N-methyl/N-ethyl adjacent to an activating group) is 1. The van der Waals surface area contributed by atoms with Crippen LogP contribution in [0.5, 0.6) is 0 Å². The van der Waals surface area contributed by atoms with E-state index in [-0.39, 0.29) is 5.97 Å². The minimum Gasteiger partial charge on any atom is -0.462 e. The summed E-state index contributed by atoms with van der Waals surface area (Å²) in [6.07, 6.45) is 2.58. The minimum atomic E-state index is -0.237. The van der Waals surface area contributed by atoms with E-state index >= 15 is 0 Å². The van der Waals surface area contributed by atoms with E-state index < -0.39 is 0 Å². The van der Waals surface area contributed by atoms with Crippen LogP contribution in [0.1, 0.15) is 30.1 Å². The van der Waals surface area contributed by atoms with Crippen molar-refractivity contribution in [2.24, 2.45) is 0 Å². The zero-order valence-corrected chi connectivity index (χ0v) is 12.2. The van der Waals surface area contributed by atoms with Crippen LogP contribution >= 0.6 is 0 Å². The van der Waals surface area contributed by atoms with Crippen molar-refractivity contribution >= 4 is 11.7 Å². The number of piperidine rings is 2. The highest BCUT2D eigenvalue weighted by Gasteiger charge is 2.36. The van der Waals surface area contributed by atoms with Crippen LogP contribution in [0.4, 0.5) is 5.69 Å². The van der Waals surface area contributed by atoms with Gasteiger partial charge in [-0.05, 0) is 51.1 Å². The first-order valence-corrected chi connectivity index (χ1v) is 7.43. The first kappa shape index (κ1) is 13.4. The maximum absolute atomic E-state index is 11.7. The summed E-state index contributed by atoms with van der Waals surface area (Å²) in [6, 6.07) is 9.13. The van der Waals surface area contributed by atoms with Gasteiger partial charge in [0, 0.05) is 30.9 Å². The third-order valence-corrected chi connectivity index (χ3v) is 4.51. The van der Waals surface area contributed by atoms with Crippen molar-refractivity contribution in [3.8, 4) is 0 Å². The van der Waals surface area contributed by atoms with E-state index in [2.05, 4.69) is 16.8 Å². The van der Waals surface area contributed by atoms with Gasteiger partial charge in [-0.3, -0.25) is 4.90 Å². The van der Waals surface area contributed by atoms with Crippen molar-refractivity contribution < 1.29 is 9.53 Å². The van der Waals surface area contributed by atoms with E-state index in [1.807, 2.05) is 31.2 Å². The van der Waals surface area contributed by atoms with Gasteiger partial charge in [0.1, 0.15) is 0 Å². The fraction of sp³-hybridized carbons (Fsp3) is 0.562. The summed E-state index contributed by atoms with van der Waals surface area (Å²) in [6.45, 7) is 4.49. The Morgan fingerprint density at radius 1 is 1.20 bits per heavy atom. The maximum atomic E-state index is 11.7. The van der Waals surface area contributed by atoms with Gasteiger partial charge in [-0.1, -0.05) is 0 Å². The lowest BCUT2D eigenvalue weighted by Crippen LogP contribution is -2.61. The maximum Gasteiger partial charge on any atom is 0.338 e. The lowest BCUT2D eigenvalue weighted by Gasteiger charge is -2.51. The number of nitrogens with zero attached hydrogens (tertiary/aromatic N) is 2. The standard InChI is InChI=1S/C16H22N2O2/c1-3-20-16(19)12-4-6-13(7-5-12)18-11-14-8-9-15(18)10-17(14)2/h4-7,14-15H,3,8-11H2,1-2H3. The third kappa shape index (κ3) is 2.40. The fourth-order valence-corrected chi connectivity index (χ4v) is 3.36. The Morgan fingerprint density at radius 2 is 1.90 bits per heavy atom. The largest absolute Gasteiger partial charge is 0.462 e. The lowest BCUT2D eigenvalue weighted by molar-refractivity contribution is 0.0526. The molecule has 0 aliphatic carbocycles. The molecule has 3 saturated heterocycles. The molecule has 2 unspecified atom stereocenters. The number of carbonyl (C=O) groups is 1. The molecule has 3 heterocycles. The van der Waals surface area contributed by atoms with Gasteiger partial charge >= 0.3 is 5.97 Å². The Morgan fingerprint density at radius 3 is 2.45 bits per heavy atom. The van der Waals surface area contributed by atoms with Crippen LogP contribution in [0.15, 0.2) is 24.3 Å². The number of anilines is 1. The zero-order chi connectivity index (χ0) is 14.1. The average Bonchev–Trinajstić information content (AvgIpc) is 2.48. The molecule has 20 heavy (non-hydrogen) atoms. The summed E-state index contributed by atoms with van der Waals surface area (Å²) in [5.74, 6) is -0.237. The van der Waals surface area contributed by atoms with Crippen LogP contribution in [0, 0.1) is 0 Å². The summed E-state index contributed by atoms with van der Waals surface area (Å²) >= 11 is 0. The molecule has 2 atom stereocenters. The van der Waals surface area contributed by atoms with Crippen LogP contribution in [0.2, 0.25) is 0 Å². The van der Waals surface area contributed by atoms with Crippen molar-refractivity contribution in [1.29, 1.82) is 0 Å². The quantitative estimate of drug-likeness (QED) is 0.791. The fourth-order valence-electron chi connectivity index (χ4n) is 3.36. The first-order valence-electron chi connectivity index (χ1n) is 7.43. The Kier molecular flexibility index (Phi) is 3.66. The number of hydrogen-bond acceptors (Lipinski definition) is 4. The molecule has 0 aromatic heterocycles. The van der Waals surface area contributed by atoms with E-state index in [9.17, 15) is 4.79 Å². The lowest BCUT2D eigenvalue weighted by atomic mass is 9.91. The molecule has 108 valence electrons. The van der Waals surface area contributed by atoms with Gasteiger partial charge in [0.25, 0.3) is 0 Å². The Balaban J connectivity index is 1.74. The summed E-state index contributed by atoms with van der Waals surface area (Å²) in [7, 11) is 2.22. The van der Waals surface area contributed by atoms with Gasteiger partial charge < -0.3 is 9.64 Å². The highest BCUT2D eigenvalue weighted by molar-refractivity contribution is 5.89. The highest BCUT2D eigenvalue weighted by atomic mass is 16.5. The number of ether oxygens (including phenoxy) is 1. The Bertz CT molecular complexity index is 486. The van der Waals surface area contributed by atoms with E-state index in [4.69, 9.17) is 4.74 Å². The first-order chi connectivity index (χ1) is 9.69. The molecular formula is C16H22N2O2. The molecule has 1 aromatic rings. The van der Waals surface area contributed by atoms with E-state index in [1.54, 1.807) is 0 Å². The number of rotatable bonds is 3. The average molecular weight is 274 g/mol. The molecule has 3 aliphatic rings. The SMILES string of the molecule is CCOC(=O)c1ccc(N2CC3CCC2CN3C)cc1. The number of piperazine rings is 1. The van der Waals surface area contributed by atoms with Crippen molar-refractivity contribution in [3.63, 3.8) is 0 Å². The Labute approximate surface area is 120 Å². The number of fused-ring (bicyclic) bond motifs is 3. The predicted molar refractivity (Wildman–Crippen MR) is 79.2 cm³/mol. The van der Waals surface area contributed by atoms with Gasteiger partial charge in [-0.25, -0.2) is 4.79 Å². The monoisotopic (exact) mass is 274 g/mol. The molecule has 0 spiro atoms. The molecule has 2 bridgehead atoms. The van der Waals surface area contributed by atoms with Crippen molar-refractivity contribution in [3.05, 3.63) is 29.8 Å². The number of esters is 1. The molecule has 3 fully saturated rings. The number of hydrogen-bond donors (Lipinski definition) is 0. The van der Waals surface area contributed by atoms with Crippen LogP contribution in [-0.4, -0.2) is 49.7 Å². The van der Waals surface area contributed by atoms with Crippen LogP contribution in [0.25, 0.3) is 0 Å². The second-order valence-electron chi connectivity index (χ2n) is 5.74. The van der Waals surface area contributed by atoms with E-state index in [0.29, 0.717) is 24.3 Å². The predicted octanol–water partition coefficient (Wildman–Crippen LogP) is 2.15. The zero-order valence-electron chi connectivity index (χ0n) is 12.2. The summed E-state index contributed by atoms with van der Waals surface area (Å²) in [4.78, 5) is 16.6. The normalized spacial score (nSPS) is 25.8. The molecular weight excluding hydrogens is 252 g/mol.